The molecule has 0 aliphatic heterocycles. The van der Waals surface area contributed by atoms with Crippen LogP contribution in [-0.2, 0) is 0 Å². The largest absolute Gasteiger partial charge is 0.496 e. The lowest BCUT2D eigenvalue weighted by Crippen LogP contribution is -1.99. The summed E-state index contributed by atoms with van der Waals surface area (Å²) in [5, 5.41) is 0. The molecule has 0 bridgehead atoms. The van der Waals surface area contributed by atoms with Gasteiger partial charge in [-0.15, -0.1) is 0 Å². The molecule has 0 aromatic heterocycles. The van der Waals surface area contributed by atoms with Gasteiger partial charge in [0.2, 0.25) is 0 Å². The first-order valence-electron chi connectivity index (χ1n) is 8.81. The topological polar surface area (TPSA) is 55.4 Å². The lowest BCUT2D eigenvalue weighted by atomic mass is 9.97. The summed E-state index contributed by atoms with van der Waals surface area (Å²) >= 11 is 0. The van der Waals surface area contributed by atoms with Crippen molar-refractivity contribution >= 4 is 6.08 Å². The molecule has 0 saturated heterocycles. The lowest BCUT2D eigenvalue weighted by Gasteiger charge is -2.17. The average Bonchev–Trinajstić information content (AvgIpc) is 2.75. The third-order valence-corrected chi connectivity index (χ3v) is 4.53. The summed E-state index contributed by atoms with van der Waals surface area (Å²) in [6.07, 6.45) is 4.05. The Morgan fingerprint density at radius 1 is 0.571 bits per heavy atom. The van der Waals surface area contributed by atoms with Crippen molar-refractivity contribution < 1.29 is 28.4 Å². The average molecular weight is 388 g/mol. The summed E-state index contributed by atoms with van der Waals surface area (Å²) in [7, 11) is 9.68. The molecule has 1 atom stereocenters. The first-order valence-corrected chi connectivity index (χ1v) is 8.81. The zero-order valence-corrected chi connectivity index (χ0v) is 17.5. The summed E-state index contributed by atoms with van der Waals surface area (Å²) in [4.78, 5) is 0. The van der Waals surface area contributed by atoms with E-state index in [1.54, 1.807) is 48.7 Å². The van der Waals surface area contributed by atoms with E-state index >= 15 is 0 Å². The van der Waals surface area contributed by atoms with Crippen molar-refractivity contribution in [2.45, 2.75) is 12.8 Å². The second kappa shape index (κ2) is 9.78. The van der Waals surface area contributed by atoms with Gasteiger partial charge in [-0.25, -0.2) is 0 Å². The van der Waals surface area contributed by atoms with Gasteiger partial charge in [0.1, 0.15) is 11.5 Å². The third-order valence-electron chi connectivity index (χ3n) is 4.53. The van der Waals surface area contributed by atoms with E-state index in [0.29, 0.717) is 28.7 Å². The Kier molecular flexibility index (Phi) is 7.44. The van der Waals surface area contributed by atoms with E-state index in [1.165, 1.54) is 0 Å². The van der Waals surface area contributed by atoms with Gasteiger partial charge in [-0.3, -0.25) is 0 Å². The molecule has 0 radical (unpaired) electrons. The maximum Gasteiger partial charge on any atom is 0.164 e. The highest BCUT2D eigenvalue weighted by molar-refractivity contribution is 5.64. The molecule has 6 heteroatoms. The highest BCUT2D eigenvalue weighted by Gasteiger charge is 2.16. The number of benzene rings is 2. The van der Waals surface area contributed by atoms with Crippen molar-refractivity contribution in [1.82, 2.24) is 0 Å². The lowest BCUT2D eigenvalue weighted by molar-refractivity contribution is 0.347. The zero-order chi connectivity index (χ0) is 20.7. The van der Waals surface area contributed by atoms with Gasteiger partial charge < -0.3 is 28.4 Å². The predicted octanol–water partition coefficient (Wildman–Crippen LogP) is 4.56. The summed E-state index contributed by atoms with van der Waals surface area (Å²) < 4.78 is 32.5. The molecule has 0 saturated carbocycles. The molecule has 2 rings (SSSR count). The Morgan fingerprint density at radius 3 is 1.50 bits per heavy atom. The quantitative estimate of drug-likeness (QED) is 0.628. The smallest absolute Gasteiger partial charge is 0.164 e. The van der Waals surface area contributed by atoms with Crippen LogP contribution in [0.3, 0.4) is 0 Å². The maximum absolute atomic E-state index is 5.54. The van der Waals surface area contributed by atoms with E-state index in [2.05, 4.69) is 13.0 Å². The normalized spacial score (nSPS) is 11.8. The molecule has 0 aliphatic rings. The van der Waals surface area contributed by atoms with E-state index in [9.17, 15) is 0 Å². The number of hydrogen-bond acceptors (Lipinski definition) is 6. The molecule has 0 heterocycles. The van der Waals surface area contributed by atoms with Crippen molar-refractivity contribution in [3.8, 4) is 34.5 Å². The van der Waals surface area contributed by atoms with Crippen LogP contribution >= 0.6 is 0 Å². The van der Waals surface area contributed by atoms with Crippen LogP contribution in [0.5, 0.6) is 34.5 Å². The Labute approximate surface area is 166 Å². The molecule has 1 unspecified atom stereocenters. The minimum absolute atomic E-state index is 0.0487. The molecule has 0 N–H and O–H groups in total. The molecule has 2 aromatic carbocycles. The van der Waals surface area contributed by atoms with Crippen molar-refractivity contribution in [1.29, 1.82) is 0 Å². The predicted molar refractivity (Wildman–Crippen MR) is 110 cm³/mol. The molecule has 0 amide bonds. The van der Waals surface area contributed by atoms with E-state index in [4.69, 9.17) is 28.4 Å². The molecule has 28 heavy (non-hydrogen) atoms. The Hall–Kier alpha value is -3.02. The van der Waals surface area contributed by atoms with Crippen molar-refractivity contribution in [3.05, 3.63) is 41.5 Å². The van der Waals surface area contributed by atoms with Crippen molar-refractivity contribution in [3.63, 3.8) is 0 Å². The van der Waals surface area contributed by atoms with E-state index in [1.807, 2.05) is 24.3 Å². The molecule has 0 spiro atoms. The van der Waals surface area contributed by atoms with Gasteiger partial charge in [0, 0.05) is 29.2 Å². The van der Waals surface area contributed by atoms with Crippen LogP contribution in [-0.4, -0.2) is 42.7 Å². The van der Waals surface area contributed by atoms with Crippen LogP contribution < -0.4 is 28.4 Å². The number of ether oxygens (including phenoxy) is 6. The highest BCUT2D eigenvalue weighted by atomic mass is 16.5. The summed E-state index contributed by atoms with van der Waals surface area (Å²) in [6.45, 7) is 2.08. The van der Waals surface area contributed by atoms with Crippen molar-refractivity contribution in [2.24, 2.45) is 0 Å². The molecular weight excluding hydrogens is 360 g/mol. The number of allylic oxidation sites excluding steroid dienone is 1. The van der Waals surface area contributed by atoms with Gasteiger partial charge in [0.15, 0.2) is 23.0 Å². The van der Waals surface area contributed by atoms with Crippen LogP contribution in [0.25, 0.3) is 6.08 Å². The second-order valence-electron chi connectivity index (χ2n) is 6.05. The van der Waals surface area contributed by atoms with Gasteiger partial charge in [0.05, 0.1) is 42.7 Å². The Bertz CT molecular complexity index is 828. The van der Waals surface area contributed by atoms with E-state index in [0.717, 1.165) is 16.9 Å². The third kappa shape index (κ3) is 4.44. The first kappa shape index (κ1) is 21.3. The SMILES string of the molecule is COc1cc(OC)c(OC)cc1/C=C/C(C)c1cc(OC)c(OC)cc1OC. The van der Waals surface area contributed by atoms with Gasteiger partial charge >= 0.3 is 0 Å². The number of rotatable bonds is 9. The molecule has 2 aromatic rings. The minimum atomic E-state index is 0.0487. The molecule has 0 aliphatic carbocycles. The summed E-state index contributed by atoms with van der Waals surface area (Å²) in [5.41, 5.74) is 1.86. The van der Waals surface area contributed by atoms with Crippen LogP contribution in [0.1, 0.15) is 24.0 Å². The standard InChI is InChI=1S/C22H28O6/c1-14(16-11-20(26-5)22(28-7)13-18(16)24-3)8-9-15-10-19(25-4)21(27-6)12-17(15)23-2/h8-14H,1-7H3/b9-8+. The molecule has 0 fully saturated rings. The van der Waals surface area contributed by atoms with Gasteiger partial charge in [-0.05, 0) is 12.1 Å². The van der Waals surface area contributed by atoms with Crippen LogP contribution in [0.2, 0.25) is 0 Å². The van der Waals surface area contributed by atoms with Crippen molar-refractivity contribution in [2.75, 3.05) is 42.7 Å². The van der Waals surface area contributed by atoms with Crippen LogP contribution in [0.4, 0.5) is 0 Å². The number of hydrogen-bond donors (Lipinski definition) is 0. The maximum atomic E-state index is 5.54. The van der Waals surface area contributed by atoms with E-state index in [-0.39, 0.29) is 5.92 Å². The fourth-order valence-electron chi connectivity index (χ4n) is 2.94. The highest BCUT2D eigenvalue weighted by Crippen LogP contribution is 2.39. The fourth-order valence-corrected chi connectivity index (χ4v) is 2.94. The minimum Gasteiger partial charge on any atom is -0.496 e. The summed E-state index contributed by atoms with van der Waals surface area (Å²) in [5.74, 6) is 4.01. The van der Waals surface area contributed by atoms with Crippen LogP contribution in [0, 0.1) is 0 Å². The monoisotopic (exact) mass is 388 g/mol. The van der Waals surface area contributed by atoms with Gasteiger partial charge in [0.25, 0.3) is 0 Å². The zero-order valence-electron chi connectivity index (χ0n) is 17.5. The van der Waals surface area contributed by atoms with Crippen LogP contribution in [0.15, 0.2) is 30.3 Å². The Balaban J connectivity index is 2.42. The molecule has 6 nitrogen and oxygen atoms in total. The summed E-state index contributed by atoms with van der Waals surface area (Å²) in [6, 6.07) is 7.45. The van der Waals surface area contributed by atoms with E-state index < -0.39 is 0 Å². The first-order chi connectivity index (χ1) is 13.5. The fraction of sp³-hybridized carbons (Fsp3) is 0.364. The second-order valence-corrected chi connectivity index (χ2v) is 6.05. The molecule has 152 valence electrons. The Morgan fingerprint density at radius 2 is 1.00 bits per heavy atom. The van der Waals surface area contributed by atoms with Gasteiger partial charge in [-0.2, -0.15) is 0 Å². The number of methoxy groups -OCH3 is 6. The molecular formula is C22H28O6. The van der Waals surface area contributed by atoms with Gasteiger partial charge in [-0.1, -0.05) is 19.1 Å².